The van der Waals surface area contributed by atoms with E-state index in [-0.39, 0.29) is 23.7 Å². The van der Waals surface area contributed by atoms with Gasteiger partial charge in [0.25, 0.3) is 0 Å². The Morgan fingerprint density at radius 1 is 1.35 bits per heavy atom. The number of nitrogens with one attached hydrogen (secondary N) is 1. The Hall–Kier alpha value is -1.51. The maximum absolute atomic E-state index is 11.2. The first kappa shape index (κ1) is 10.6. The van der Waals surface area contributed by atoms with Gasteiger partial charge in [-0.3, -0.25) is 0 Å². The topological polar surface area (TPSA) is 38.3 Å². The summed E-state index contributed by atoms with van der Waals surface area (Å²) in [5.41, 5.74) is 3.97. The van der Waals surface area contributed by atoms with Gasteiger partial charge in [0.2, 0.25) is 0 Å². The van der Waals surface area contributed by atoms with Gasteiger partial charge in [0, 0.05) is 6.42 Å². The van der Waals surface area contributed by atoms with Crippen LogP contribution in [0.3, 0.4) is 0 Å². The number of amides is 1. The smallest absolute Gasteiger partial charge is 0.408 e. The second-order valence-corrected chi connectivity index (χ2v) is 5.93. The van der Waals surface area contributed by atoms with Gasteiger partial charge in [-0.1, -0.05) is 39.0 Å². The van der Waals surface area contributed by atoms with Crippen LogP contribution < -0.4 is 5.32 Å². The molecule has 3 heteroatoms. The molecule has 0 unspecified atom stereocenters. The number of carbonyl (C=O) groups is 1. The molecule has 1 saturated heterocycles. The lowest BCUT2D eigenvalue weighted by Crippen LogP contribution is -2.19. The number of carbonyl (C=O) groups excluding carboxylic acids is 1. The van der Waals surface area contributed by atoms with E-state index in [1.807, 2.05) is 0 Å². The number of fused-ring (bicyclic) bond motifs is 3. The monoisotopic (exact) mass is 231 g/mol. The minimum Gasteiger partial charge on any atom is -0.443 e. The Morgan fingerprint density at radius 2 is 2.12 bits per heavy atom. The average Bonchev–Trinajstić information content (AvgIpc) is 2.71. The molecular weight excluding hydrogens is 214 g/mol. The Bertz CT molecular complexity index is 487. The molecule has 0 saturated carbocycles. The molecule has 2 atom stereocenters. The largest absolute Gasteiger partial charge is 0.443 e. The van der Waals surface area contributed by atoms with Gasteiger partial charge in [-0.2, -0.15) is 0 Å². The van der Waals surface area contributed by atoms with Crippen LogP contribution in [0.5, 0.6) is 0 Å². The van der Waals surface area contributed by atoms with Crippen molar-refractivity contribution in [1.29, 1.82) is 0 Å². The van der Waals surface area contributed by atoms with Crippen molar-refractivity contribution >= 4 is 6.09 Å². The van der Waals surface area contributed by atoms with Crippen molar-refractivity contribution in [2.45, 2.75) is 44.8 Å². The molecular formula is C14H17NO2. The highest BCUT2D eigenvalue weighted by atomic mass is 16.6. The summed E-state index contributed by atoms with van der Waals surface area (Å²) in [7, 11) is 0. The fraction of sp³-hybridized carbons (Fsp3) is 0.500. The second kappa shape index (κ2) is 3.25. The van der Waals surface area contributed by atoms with Gasteiger partial charge < -0.3 is 10.1 Å². The van der Waals surface area contributed by atoms with Crippen LogP contribution >= 0.6 is 0 Å². The molecule has 3 nitrogen and oxygen atoms in total. The summed E-state index contributed by atoms with van der Waals surface area (Å²) in [6, 6.07) is 6.63. The number of alkyl carbamates (subject to hydrolysis) is 1. The van der Waals surface area contributed by atoms with Crippen molar-refractivity contribution in [1.82, 2.24) is 5.32 Å². The summed E-state index contributed by atoms with van der Waals surface area (Å²) in [5.74, 6) is 0. The summed E-state index contributed by atoms with van der Waals surface area (Å²) in [6.07, 6.45) is 0.544. The van der Waals surface area contributed by atoms with Gasteiger partial charge in [0.15, 0.2) is 0 Å². The zero-order valence-electron chi connectivity index (χ0n) is 10.4. The molecule has 1 fully saturated rings. The molecule has 1 amide bonds. The van der Waals surface area contributed by atoms with E-state index in [0.29, 0.717) is 0 Å². The van der Waals surface area contributed by atoms with Crippen LogP contribution in [0.2, 0.25) is 0 Å². The number of hydrogen-bond acceptors (Lipinski definition) is 2. The summed E-state index contributed by atoms with van der Waals surface area (Å²) >= 11 is 0. The van der Waals surface area contributed by atoms with Crippen LogP contribution in [0.1, 0.15) is 43.5 Å². The zero-order valence-corrected chi connectivity index (χ0v) is 10.4. The molecule has 3 rings (SSSR count). The van der Waals surface area contributed by atoms with Gasteiger partial charge in [-0.25, -0.2) is 4.79 Å². The van der Waals surface area contributed by atoms with Gasteiger partial charge in [-0.15, -0.1) is 0 Å². The first-order chi connectivity index (χ1) is 7.95. The highest BCUT2D eigenvalue weighted by molar-refractivity contribution is 5.72. The van der Waals surface area contributed by atoms with Crippen LogP contribution in [-0.4, -0.2) is 12.2 Å². The van der Waals surface area contributed by atoms with E-state index in [2.05, 4.69) is 44.3 Å². The lowest BCUT2D eigenvalue weighted by Gasteiger charge is -2.20. The van der Waals surface area contributed by atoms with Crippen LogP contribution in [0.4, 0.5) is 4.79 Å². The van der Waals surface area contributed by atoms with Crippen molar-refractivity contribution in [2.24, 2.45) is 0 Å². The lowest BCUT2D eigenvalue weighted by molar-refractivity contribution is 0.136. The Labute approximate surface area is 101 Å². The van der Waals surface area contributed by atoms with E-state index in [4.69, 9.17) is 4.74 Å². The predicted molar refractivity (Wildman–Crippen MR) is 65.0 cm³/mol. The van der Waals surface area contributed by atoms with E-state index in [0.717, 1.165) is 6.42 Å². The number of rotatable bonds is 0. The maximum Gasteiger partial charge on any atom is 0.408 e. The zero-order chi connectivity index (χ0) is 12.2. The van der Waals surface area contributed by atoms with Crippen LogP contribution in [0.25, 0.3) is 0 Å². The third-order valence-corrected chi connectivity index (χ3v) is 3.67. The van der Waals surface area contributed by atoms with E-state index in [9.17, 15) is 4.79 Å². The third kappa shape index (κ3) is 1.61. The number of ether oxygens (including phenoxy) is 1. The summed E-state index contributed by atoms with van der Waals surface area (Å²) in [6.45, 7) is 6.60. The SMILES string of the molecule is CC(C)(C)c1ccc2c(c1)[C@H]1NC(=O)O[C@H]1C2. The maximum atomic E-state index is 11.2. The van der Waals surface area contributed by atoms with Crippen LogP contribution in [0.15, 0.2) is 18.2 Å². The first-order valence-electron chi connectivity index (χ1n) is 6.05. The first-order valence-corrected chi connectivity index (χ1v) is 6.05. The Balaban J connectivity index is 2.02. The molecule has 1 heterocycles. The van der Waals surface area contributed by atoms with E-state index in [1.165, 1.54) is 16.7 Å². The van der Waals surface area contributed by atoms with Crippen molar-refractivity contribution in [3.05, 3.63) is 34.9 Å². The van der Waals surface area contributed by atoms with E-state index < -0.39 is 0 Å². The minimum absolute atomic E-state index is 0.00674. The van der Waals surface area contributed by atoms with E-state index >= 15 is 0 Å². The van der Waals surface area contributed by atoms with Gasteiger partial charge >= 0.3 is 6.09 Å². The van der Waals surface area contributed by atoms with Gasteiger partial charge in [-0.05, 0) is 22.1 Å². The second-order valence-electron chi connectivity index (χ2n) is 5.93. The molecule has 17 heavy (non-hydrogen) atoms. The standard InChI is InChI=1S/C14H17NO2/c1-14(2,3)9-5-4-8-6-11-12(10(8)7-9)15-13(16)17-11/h4-5,7,11-12H,6H2,1-3H3,(H,15,16)/t11-,12+/m0/s1. The van der Waals surface area contributed by atoms with E-state index in [1.54, 1.807) is 0 Å². The summed E-state index contributed by atoms with van der Waals surface area (Å²) in [4.78, 5) is 11.2. The number of benzene rings is 1. The van der Waals surface area contributed by atoms with Crippen LogP contribution in [0, 0.1) is 0 Å². The summed E-state index contributed by atoms with van der Waals surface area (Å²) < 4.78 is 5.24. The minimum atomic E-state index is -0.285. The molecule has 1 aliphatic heterocycles. The molecule has 2 aliphatic rings. The quantitative estimate of drug-likeness (QED) is 0.745. The van der Waals surface area contributed by atoms with Crippen LogP contribution in [-0.2, 0) is 16.6 Å². The normalized spacial score (nSPS) is 26.2. The highest BCUT2D eigenvalue weighted by Crippen LogP contribution is 2.38. The Morgan fingerprint density at radius 3 is 2.82 bits per heavy atom. The molecule has 90 valence electrons. The molecule has 1 aromatic rings. The number of hydrogen-bond donors (Lipinski definition) is 1. The molecule has 0 radical (unpaired) electrons. The van der Waals surface area contributed by atoms with Gasteiger partial charge in [0.05, 0.1) is 6.04 Å². The van der Waals surface area contributed by atoms with Crippen molar-refractivity contribution < 1.29 is 9.53 Å². The fourth-order valence-corrected chi connectivity index (χ4v) is 2.65. The van der Waals surface area contributed by atoms with Crippen molar-refractivity contribution in [3.63, 3.8) is 0 Å². The molecule has 1 N–H and O–H groups in total. The lowest BCUT2D eigenvalue weighted by atomic mass is 9.85. The molecule has 0 spiro atoms. The molecule has 0 aromatic heterocycles. The highest BCUT2D eigenvalue weighted by Gasteiger charge is 2.41. The van der Waals surface area contributed by atoms with Gasteiger partial charge in [0.1, 0.15) is 6.10 Å². The fourth-order valence-electron chi connectivity index (χ4n) is 2.65. The third-order valence-electron chi connectivity index (χ3n) is 3.67. The van der Waals surface area contributed by atoms with Crippen molar-refractivity contribution in [2.75, 3.05) is 0 Å². The molecule has 1 aromatic carbocycles. The van der Waals surface area contributed by atoms with Crippen molar-refractivity contribution in [3.8, 4) is 0 Å². The molecule has 1 aliphatic carbocycles. The predicted octanol–water partition coefficient (Wildman–Crippen LogP) is 2.69. The molecule has 0 bridgehead atoms. The Kier molecular flexibility index (Phi) is 2.03. The average molecular weight is 231 g/mol. The summed E-state index contributed by atoms with van der Waals surface area (Å²) in [5, 5.41) is 2.89.